The van der Waals surface area contributed by atoms with E-state index in [1.165, 1.54) is 11.1 Å². The monoisotopic (exact) mass is 432 g/mol. The largest absolute Gasteiger partial charge is 0.497 e. The summed E-state index contributed by atoms with van der Waals surface area (Å²) in [5.41, 5.74) is 3.32. The molecule has 0 bridgehead atoms. The van der Waals surface area contributed by atoms with Gasteiger partial charge in [0.1, 0.15) is 5.75 Å². The number of imidazole rings is 1. The Balaban J connectivity index is 1.67. The lowest BCUT2D eigenvalue weighted by Gasteiger charge is -2.11. The minimum Gasteiger partial charge on any atom is -0.497 e. The first-order valence-electron chi connectivity index (χ1n) is 8.35. The Kier molecular flexibility index (Phi) is 6.77. The molecule has 0 spiro atoms. The number of aliphatic hydroxyl groups is 1. The maximum absolute atomic E-state index is 9.62. The maximum Gasteiger partial charge on any atom is 0.168 e. The molecule has 6 heteroatoms. The molecule has 0 fully saturated rings. The van der Waals surface area contributed by atoms with Crippen molar-refractivity contribution in [3.05, 3.63) is 76.0 Å². The topological polar surface area (TPSA) is 47.3 Å². The molecule has 0 amide bonds. The highest BCUT2D eigenvalue weighted by Crippen LogP contribution is 2.24. The van der Waals surface area contributed by atoms with E-state index in [0.29, 0.717) is 0 Å². The number of benzene rings is 2. The molecule has 4 nitrogen and oxygen atoms in total. The van der Waals surface area contributed by atoms with Gasteiger partial charge in [-0.25, -0.2) is 4.98 Å². The van der Waals surface area contributed by atoms with Crippen LogP contribution in [-0.2, 0) is 25.3 Å². The number of hydrogen-bond donors (Lipinski definition) is 1. The summed E-state index contributed by atoms with van der Waals surface area (Å²) in [7, 11) is 1.67. The summed E-state index contributed by atoms with van der Waals surface area (Å²) in [6, 6.07) is 16.4. The normalized spacial score (nSPS) is 10.9. The van der Waals surface area contributed by atoms with Crippen LogP contribution < -0.4 is 4.74 Å². The molecule has 1 aromatic heterocycles. The van der Waals surface area contributed by atoms with E-state index in [1.54, 1.807) is 25.1 Å². The zero-order valence-corrected chi connectivity index (χ0v) is 17.0. The number of aliphatic hydroxyl groups excluding tert-OH is 1. The lowest BCUT2D eigenvalue weighted by atomic mass is 10.1. The molecule has 0 aliphatic carbocycles. The number of thioether (sulfide) groups is 1. The molecule has 2 aromatic carbocycles. The number of methoxy groups -OCH3 is 1. The number of ether oxygens (including phenoxy) is 1. The van der Waals surface area contributed by atoms with Crippen LogP contribution in [0.15, 0.2) is 64.4 Å². The minimum atomic E-state index is -0.00550. The fourth-order valence-electron chi connectivity index (χ4n) is 2.63. The summed E-state index contributed by atoms with van der Waals surface area (Å²) in [5, 5.41) is 10.6. The zero-order chi connectivity index (χ0) is 18.4. The summed E-state index contributed by atoms with van der Waals surface area (Å²) in [4.78, 5) is 4.50. The summed E-state index contributed by atoms with van der Waals surface area (Å²) in [5.74, 6) is 1.70. The number of hydrogen-bond acceptors (Lipinski definition) is 4. The van der Waals surface area contributed by atoms with Gasteiger partial charge in [0.2, 0.25) is 0 Å². The van der Waals surface area contributed by atoms with Gasteiger partial charge in [-0.2, -0.15) is 0 Å². The Bertz CT molecular complexity index is 832. The number of rotatable bonds is 8. The first-order chi connectivity index (χ1) is 12.7. The molecule has 0 saturated carbocycles. The fourth-order valence-corrected chi connectivity index (χ4v) is 3.88. The van der Waals surface area contributed by atoms with E-state index in [2.05, 4.69) is 49.7 Å². The van der Waals surface area contributed by atoms with Gasteiger partial charge < -0.3 is 14.4 Å². The van der Waals surface area contributed by atoms with E-state index in [-0.39, 0.29) is 6.61 Å². The van der Waals surface area contributed by atoms with Crippen molar-refractivity contribution in [1.82, 2.24) is 9.55 Å². The Hall–Kier alpha value is -1.76. The van der Waals surface area contributed by atoms with Crippen molar-refractivity contribution < 1.29 is 9.84 Å². The maximum atomic E-state index is 9.62. The highest BCUT2D eigenvalue weighted by atomic mass is 79.9. The highest BCUT2D eigenvalue weighted by Gasteiger charge is 2.10. The van der Waals surface area contributed by atoms with Crippen LogP contribution in [0, 0.1) is 0 Å². The Morgan fingerprint density at radius 3 is 2.42 bits per heavy atom. The van der Waals surface area contributed by atoms with Gasteiger partial charge in [-0.3, -0.25) is 0 Å². The third-order valence-electron chi connectivity index (χ3n) is 4.13. The molecule has 136 valence electrons. The standard InChI is InChI=1S/C20H21BrN2O2S/c1-25-19-8-4-15(5-9-19)10-11-23-18(13-24)12-22-20(23)26-14-16-2-6-17(21)7-3-16/h2-9,12,24H,10-11,13-14H2,1H3. The number of nitrogens with zero attached hydrogens (tertiary/aromatic N) is 2. The Morgan fingerprint density at radius 1 is 1.08 bits per heavy atom. The highest BCUT2D eigenvalue weighted by molar-refractivity contribution is 9.10. The molecule has 0 aliphatic rings. The van der Waals surface area contributed by atoms with Crippen LogP contribution >= 0.6 is 27.7 Å². The van der Waals surface area contributed by atoms with Gasteiger partial charge in [0.05, 0.1) is 25.6 Å². The van der Waals surface area contributed by atoms with E-state index >= 15 is 0 Å². The van der Waals surface area contributed by atoms with Crippen molar-refractivity contribution in [2.75, 3.05) is 7.11 Å². The smallest absolute Gasteiger partial charge is 0.168 e. The first kappa shape index (κ1) is 19.0. The van der Waals surface area contributed by atoms with Crippen LogP contribution in [0.3, 0.4) is 0 Å². The molecule has 1 heterocycles. The fraction of sp³-hybridized carbons (Fsp3) is 0.250. The number of aromatic nitrogens is 2. The SMILES string of the molecule is COc1ccc(CCn2c(CO)cnc2SCc2ccc(Br)cc2)cc1. The van der Waals surface area contributed by atoms with Gasteiger partial charge in [-0.15, -0.1) is 0 Å². The third-order valence-corrected chi connectivity index (χ3v) is 5.72. The van der Waals surface area contributed by atoms with E-state index in [0.717, 1.165) is 39.8 Å². The van der Waals surface area contributed by atoms with Crippen LogP contribution in [0.25, 0.3) is 0 Å². The van der Waals surface area contributed by atoms with Gasteiger partial charge in [-0.05, 0) is 41.8 Å². The number of aryl methyl sites for hydroxylation is 1. The average molecular weight is 433 g/mol. The van der Waals surface area contributed by atoms with E-state index in [1.807, 2.05) is 24.3 Å². The summed E-state index contributed by atoms with van der Waals surface area (Å²) in [6.07, 6.45) is 2.64. The second-order valence-electron chi connectivity index (χ2n) is 5.86. The molecule has 3 aromatic rings. The van der Waals surface area contributed by atoms with Gasteiger partial charge in [0.25, 0.3) is 0 Å². The molecule has 0 atom stereocenters. The summed E-state index contributed by atoms with van der Waals surface area (Å²) < 4.78 is 8.39. The molecule has 3 rings (SSSR count). The van der Waals surface area contributed by atoms with Crippen molar-refractivity contribution in [2.24, 2.45) is 0 Å². The predicted molar refractivity (Wildman–Crippen MR) is 109 cm³/mol. The second kappa shape index (κ2) is 9.26. The van der Waals surface area contributed by atoms with E-state index in [9.17, 15) is 5.11 Å². The molecule has 26 heavy (non-hydrogen) atoms. The van der Waals surface area contributed by atoms with Gasteiger partial charge in [0.15, 0.2) is 5.16 Å². The number of halogens is 1. The van der Waals surface area contributed by atoms with Gasteiger partial charge in [-0.1, -0.05) is 52.0 Å². The van der Waals surface area contributed by atoms with Crippen LogP contribution in [0.4, 0.5) is 0 Å². The molecule has 0 aliphatic heterocycles. The Morgan fingerprint density at radius 2 is 1.77 bits per heavy atom. The third kappa shape index (κ3) is 4.90. The van der Waals surface area contributed by atoms with Crippen LogP contribution in [-0.4, -0.2) is 21.8 Å². The lowest BCUT2D eigenvalue weighted by molar-refractivity contribution is 0.269. The molecular weight excluding hydrogens is 412 g/mol. The zero-order valence-electron chi connectivity index (χ0n) is 14.6. The first-order valence-corrected chi connectivity index (χ1v) is 10.1. The molecule has 0 saturated heterocycles. The van der Waals surface area contributed by atoms with Crippen molar-refractivity contribution in [1.29, 1.82) is 0 Å². The van der Waals surface area contributed by atoms with Crippen molar-refractivity contribution in [2.45, 2.75) is 30.5 Å². The van der Waals surface area contributed by atoms with Crippen molar-refractivity contribution in [3.63, 3.8) is 0 Å². The summed E-state index contributed by atoms with van der Waals surface area (Å²) >= 11 is 5.15. The summed E-state index contributed by atoms with van der Waals surface area (Å²) in [6.45, 7) is 0.777. The lowest BCUT2D eigenvalue weighted by Crippen LogP contribution is -2.07. The molecule has 0 radical (unpaired) electrons. The minimum absolute atomic E-state index is 0.00550. The molecular formula is C20H21BrN2O2S. The molecule has 1 N–H and O–H groups in total. The van der Waals surface area contributed by atoms with Gasteiger partial charge >= 0.3 is 0 Å². The Labute approximate surface area is 166 Å². The quantitative estimate of drug-likeness (QED) is 0.524. The van der Waals surface area contributed by atoms with Crippen LogP contribution in [0.1, 0.15) is 16.8 Å². The van der Waals surface area contributed by atoms with E-state index < -0.39 is 0 Å². The van der Waals surface area contributed by atoms with E-state index in [4.69, 9.17) is 4.74 Å². The van der Waals surface area contributed by atoms with Crippen LogP contribution in [0.5, 0.6) is 5.75 Å². The van der Waals surface area contributed by atoms with Gasteiger partial charge in [0, 0.05) is 16.8 Å². The average Bonchev–Trinajstić information content (AvgIpc) is 3.08. The second-order valence-corrected chi connectivity index (χ2v) is 7.71. The molecule has 0 unspecified atom stereocenters. The van der Waals surface area contributed by atoms with Crippen molar-refractivity contribution >= 4 is 27.7 Å². The predicted octanol–water partition coefficient (Wildman–Crippen LogP) is 4.68. The van der Waals surface area contributed by atoms with Crippen LogP contribution in [0.2, 0.25) is 0 Å². The van der Waals surface area contributed by atoms with Crippen molar-refractivity contribution in [3.8, 4) is 5.75 Å².